The van der Waals surface area contributed by atoms with Crippen molar-refractivity contribution >= 4 is 17.8 Å². The Morgan fingerprint density at radius 2 is 1.89 bits per heavy atom. The van der Waals surface area contributed by atoms with E-state index in [4.69, 9.17) is 0 Å². The molecule has 1 N–H and O–H groups in total. The molecule has 1 aliphatic carbocycles. The summed E-state index contributed by atoms with van der Waals surface area (Å²) in [5, 5.41) is 2.79. The lowest BCUT2D eigenvalue weighted by Gasteiger charge is -2.25. The van der Waals surface area contributed by atoms with Crippen LogP contribution in [0.5, 0.6) is 0 Å². The number of hydrogen-bond donors (Lipinski definition) is 1. The summed E-state index contributed by atoms with van der Waals surface area (Å²) in [5.74, 6) is 0.437. The van der Waals surface area contributed by atoms with Gasteiger partial charge in [0.1, 0.15) is 12.1 Å². The zero-order valence-electron chi connectivity index (χ0n) is 17.3. The summed E-state index contributed by atoms with van der Waals surface area (Å²) < 4.78 is 0. The number of nitrogens with zero attached hydrogens (tertiary/aromatic N) is 2. The lowest BCUT2D eigenvalue weighted by Crippen LogP contribution is -2.45. The molecule has 6 nitrogen and oxygen atoms in total. The van der Waals surface area contributed by atoms with E-state index < -0.39 is 11.6 Å². The number of rotatable bonds is 8. The third kappa shape index (κ3) is 4.05. The molecule has 0 spiro atoms. The van der Waals surface area contributed by atoms with Gasteiger partial charge in [-0.2, -0.15) is 0 Å². The molecule has 1 saturated carbocycles. The highest BCUT2D eigenvalue weighted by Crippen LogP contribution is 2.31. The van der Waals surface area contributed by atoms with Crippen LogP contribution in [0.15, 0.2) is 24.3 Å². The molecule has 1 aromatic carbocycles. The lowest BCUT2D eigenvalue weighted by molar-refractivity contribution is -0.139. The van der Waals surface area contributed by atoms with Crippen molar-refractivity contribution in [3.63, 3.8) is 0 Å². The second-order valence-electron chi connectivity index (χ2n) is 8.51. The number of urea groups is 1. The molecule has 1 saturated heterocycles. The predicted molar refractivity (Wildman–Crippen MR) is 108 cm³/mol. The minimum absolute atomic E-state index is 0.156. The van der Waals surface area contributed by atoms with Crippen LogP contribution < -0.4 is 5.32 Å². The Morgan fingerprint density at radius 1 is 1.25 bits per heavy atom. The fraction of sp³-hybridized carbons (Fsp3) is 0.591. The summed E-state index contributed by atoms with van der Waals surface area (Å²) >= 11 is 0. The monoisotopic (exact) mass is 385 g/mol. The Bertz CT molecular complexity index is 755. The maximum Gasteiger partial charge on any atom is 0.325 e. The van der Waals surface area contributed by atoms with Crippen molar-refractivity contribution in [3.8, 4) is 0 Å². The summed E-state index contributed by atoms with van der Waals surface area (Å²) in [4.78, 5) is 41.2. The van der Waals surface area contributed by atoms with Crippen molar-refractivity contribution in [2.45, 2.75) is 58.4 Å². The van der Waals surface area contributed by atoms with Crippen LogP contribution in [0.3, 0.4) is 0 Å². The highest BCUT2D eigenvalue weighted by atomic mass is 16.2. The first-order chi connectivity index (χ1) is 13.3. The van der Waals surface area contributed by atoms with E-state index >= 15 is 0 Å². The largest absolute Gasteiger partial charge is 0.341 e. The molecular weight excluding hydrogens is 354 g/mol. The van der Waals surface area contributed by atoms with Gasteiger partial charge >= 0.3 is 6.03 Å². The first-order valence-corrected chi connectivity index (χ1v) is 10.3. The molecule has 1 aromatic rings. The molecule has 1 aliphatic heterocycles. The van der Waals surface area contributed by atoms with Crippen LogP contribution in [0.2, 0.25) is 0 Å². The summed E-state index contributed by atoms with van der Waals surface area (Å²) in [7, 11) is 0. The van der Waals surface area contributed by atoms with Crippen molar-refractivity contribution in [1.82, 2.24) is 15.1 Å². The highest BCUT2D eigenvalue weighted by Gasteiger charge is 2.49. The topological polar surface area (TPSA) is 69.7 Å². The predicted octanol–water partition coefficient (Wildman–Crippen LogP) is 3.23. The molecular formula is C22H31N3O3. The molecule has 0 unspecified atom stereocenters. The fourth-order valence-corrected chi connectivity index (χ4v) is 3.67. The number of benzene rings is 1. The van der Waals surface area contributed by atoms with E-state index in [-0.39, 0.29) is 18.4 Å². The van der Waals surface area contributed by atoms with Crippen LogP contribution in [0.4, 0.5) is 4.79 Å². The molecule has 152 valence electrons. The maximum atomic E-state index is 13.1. The van der Waals surface area contributed by atoms with E-state index in [1.165, 1.54) is 5.56 Å². The first kappa shape index (κ1) is 20.4. The van der Waals surface area contributed by atoms with Gasteiger partial charge in [-0.3, -0.25) is 14.5 Å². The van der Waals surface area contributed by atoms with Crippen LogP contribution >= 0.6 is 0 Å². The third-order valence-electron chi connectivity index (χ3n) is 5.74. The van der Waals surface area contributed by atoms with Crippen molar-refractivity contribution in [2.24, 2.45) is 5.92 Å². The number of imide groups is 1. The summed E-state index contributed by atoms with van der Waals surface area (Å²) in [6.07, 6.45) is 3.17. The molecule has 1 atom stereocenters. The third-order valence-corrected chi connectivity index (χ3v) is 5.74. The van der Waals surface area contributed by atoms with Gasteiger partial charge in [0, 0.05) is 13.1 Å². The average molecular weight is 386 g/mol. The van der Waals surface area contributed by atoms with Crippen LogP contribution in [-0.2, 0) is 15.1 Å². The van der Waals surface area contributed by atoms with Gasteiger partial charge in [-0.1, -0.05) is 45.0 Å². The minimum atomic E-state index is -1.14. The molecule has 2 fully saturated rings. The molecule has 28 heavy (non-hydrogen) atoms. The van der Waals surface area contributed by atoms with Crippen molar-refractivity contribution in [2.75, 3.05) is 19.6 Å². The smallest absolute Gasteiger partial charge is 0.325 e. The van der Waals surface area contributed by atoms with E-state index in [1.54, 1.807) is 11.8 Å². The second-order valence-corrected chi connectivity index (χ2v) is 8.51. The quantitative estimate of drug-likeness (QED) is 0.699. The van der Waals surface area contributed by atoms with Gasteiger partial charge in [0.05, 0.1) is 0 Å². The normalized spacial score (nSPS) is 22.0. The lowest BCUT2D eigenvalue weighted by atomic mass is 9.90. The van der Waals surface area contributed by atoms with Crippen molar-refractivity contribution < 1.29 is 14.4 Å². The van der Waals surface area contributed by atoms with E-state index in [0.29, 0.717) is 18.4 Å². The van der Waals surface area contributed by atoms with Crippen LogP contribution in [0.25, 0.3) is 0 Å². The standard InChI is InChI=1S/C22H31N3O3/c1-5-12-24(13-16-6-7-16)19(26)14-25-20(27)22(4,23-21(25)28)18-10-8-17(9-11-18)15(2)3/h8-11,15-16H,5-7,12-14H2,1-4H3,(H,23,28)/t22-/m0/s1. The Hall–Kier alpha value is -2.37. The summed E-state index contributed by atoms with van der Waals surface area (Å²) in [6, 6.07) is 7.23. The van der Waals surface area contributed by atoms with Gasteiger partial charge in [-0.05, 0) is 49.1 Å². The zero-order valence-corrected chi connectivity index (χ0v) is 17.3. The van der Waals surface area contributed by atoms with Crippen LogP contribution in [0.1, 0.15) is 64.0 Å². The Balaban J connectivity index is 1.73. The highest BCUT2D eigenvalue weighted by molar-refractivity contribution is 6.09. The van der Waals surface area contributed by atoms with Crippen molar-refractivity contribution in [3.05, 3.63) is 35.4 Å². The number of carbonyl (C=O) groups excluding carboxylic acids is 3. The van der Waals surface area contributed by atoms with E-state index in [0.717, 1.165) is 36.3 Å². The maximum absolute atomic E-state index is 13.1. The molecule has 3 rings (SSSR count). The molecule has 2 aliphatic rings. The number of carbonyl (C=O) groups is 3. The summed E-state index contributed by atoms with van der Waals surface area (Å²) in [6.45, 7) is 9.13. The van der Waals surface area contributed by atoms with Crippen molar-refractivity contribution in [1.29, 1.82) is 0 Å². The molecule has 1 heterocycles. The van der Waals surface area contributed by atoms with Crippen LogP contribution in [0, 0.1) is 5.92 Å². The molecule has 0 aromatic heterocycles. The first-order valence-electron chi connectivity index (χ1n) is 10.3. The Kier molecular flexibility index (Phi) is 5.77. The van der Waals surface area contributed by atoms with Crippen LogP contribution in [-0.4, -0.2) is 47.3 Å². The van der Waals surface area contributed by atoms with Gasteiger partial charge in [0.25, 0.3) is 5.91 Å². The van der Waals surface area contributed by atoms with E-state index in [9.17, 15) is 14.4 Å². The zero-order chi connectivity index (χ0) is 20.5. The van der Waals surface area contributed by atoms with E-state index in [2.05, 4.69) is 19.2 Å². The molecule has 4 amide bonds. The molecule has 6 heteroatoms. The average Bonchev–Trinajstić information content (AvgIpc) is 3.45. The Labute approximate surface area is 167 Å². The SMILES string of the molecule is CCCN(CC1CC1)C(=O)CN1C(=O)N[C@@](C)(c2ccc(C(C)C)cc2)C1=O. The van der Waals surface area contributed by atoms with Gasteiger partial charge in [0.2, 0.25) is 5.91 Å². The number of hydrogen-bond acceptors (Lipinski definition) is 3. The minimum Gasteiger partial charge on any atom is -0.341 e. The van der Waals surface area contributed by atoms with Gasteiger partial charge in [-0.25, -0.2) is 4.79 Å². The molecule has 0 bridgehead atoms. The Morgan fingerprint density at radius 3 is 2.43 bits per heavy atom. The summed E-state index contributed by atoms with van der Waals surface area (Å²) in [5.41, 5.74) is 0.763. The van der Waals surface area contributed by atoms with E-state index in [1.807, 2.05) is 31.2 Å². The molecule has 0 radical (unpaired) electrons. The number of amides is 4. The second kappa shape index (κ2) is 7.94. The fourth-order valence-electron chi connectivity index (χ4n) is 3.67. The van der Waals surface area contributed by atoms with Gasteiger partial charge < -0.3 is 10.2 Å². The number of nitrogens with one attached hydrogen (secondary N) is 1. The van der Waals surface area contributed by atoms with Gasteiger partial charge in [0.15, 0.2) is 0 Å². The van der Waals surface area contributed by atoms with Gasteiger partial charge in [-0.15, -0.1) is 0 Å².